The van der Waals surface area contributed by atoms with Crippen LogP contribution in [0.4, 0.5) is 0 Å². The fourth-order valence-electron chi connectivity index (χ4n) is 2.49. The number of hydrogen-bond acceptors (Lipinski definition) is 6. The maximum atomic E-state index is 12.2. The number of carbonyl (C=O) groups is 1. The van der Waals surface area contributed by atoms with E-state index in [9.17, 15) is 9.59 Å². The molecule has 0 spiro atoms. The van der Waals surface area contributed by atoms with Crippen LogP contribution in [0, 0.1) is 0 Å². The predicted molar refractivity (Wildman–Crippen MR) is 94.5 cm³/mol. The molecule has 0 saturated carbocycles. The van der Waals surface area contributed by atoms with E-state index in [0.29, 0.717) is 44.2 Å². The molecule has 2 aromatic rings. The average Bonchev–Trinajstić information content (AvgIpc) is 3.15. The highest BCUT2D eigenvalue weighted by Crippen LogP contribution is 2.25. The molecular weight excluding hydrogens is 360 g/mol. The van der Waals surface area contributed by atoms with E-state index < -0.39 is 0 Å². The Morgan fingerprint density at radius 3 is 3.12 bits per heavy atom. The summed E-state index contributed by atoms with van der Waals surface area (Å²) in [6, 6.07) is 4.56. The molecule has 1 aliphatic rings. The zero-order chi connectivity index (χ0) is 18.4. The van der Waals surface area contributed by atoms with Crippen molar-refractivity contribution in [2.75, 3.05) is 19.8 Å². The quantitative estimate of drug-likeness (QED) is 0.729. The Labute approximate surface area is 155 Å². The van der Waals surface area contributed by atoms with Gasteiger partial charge >= 0.3 is 0 Å². The number of nitrogens with zero attached hydrogens (tertiary/aromatic N) is 3. The number of amides is 1. The first-order valence-electron chi connectivity index (χ1n) is 8.34. The number of carbonyl (C=O) groups excluding carboxylic acids is 1. The number of pyridine rings is 1. The van der Waals surface area contributed by atoms with E-state index in [4.69, 9.17) is 21.1 Å². The zero-order valence-corrected chi connectivity index (χ0v) is 14.8. The molecule has 0 bridgehead atoms. The minimum atomic E-state index is -0.288. The highest BCUT2D eigenvalue weighted by molar-refractivity contribution is 6.32. The van der Waals surface area contributed by atoms with Crippen molar-refractivity contribution < 1.29 is 14.3 Å². The second-order valence-corrected chi connectivity index (χ2v) is 6.22. The highest BCUT2D eigenvalue weighted by Gasteiger charge is 2.20. The third kappa shape index (κ3) is 4.80. The van der Waals surface area contributed by atoms with Crippen LogP contribution in [0.5, 0.6) is 5.88 Å². The lowest BCUT2D eigenvalue weighted by atomic mass is 10.2. The Morgan fingerprint density at radius 2 is 2.38 bits per heavy atom. The van der Waals surface area contributed by atoms with Crippen molar-refractivity contribution >= 4 is 17.5 Å². The molecule has 1 N–H and O–H groups in total. The largest absolute Gasteiger partial charge is 0.471 e. The van der Waals surface area contributed by atoms with E-state index in [0.717, 1.165) is 6.42 Å². The van der Waals surface area contributed by atoms with Crippen LogP contribution in [-0.4, -0.2) is 46.5 Å². The molecule has 1 aliphatic heterocycles. The summed E-state index contributed by atoms with van der Waals surface area (Å²) in [4.78, 5) is 27.8. The van der Waals surface area contributed by atoms with Crippen molar-refractivity contribution in [3.63, 3.8) is 0 Å². The second kappa shape index (κ2) is 8.77. The van der Waals surface area contributed by atoms with E-state index in [1.54, 1.807) is 12.3 Å². The Balaban J connectivity index is 1.49. The SMILES string of the molecule is O=C(NCCCn1ncccc1=O)c1cnc(OC2CCOC2)c(Cl)c1. The van der Waals surface area contributed by atoms with Crippen LogP contribution in [-0.2, 0) is 11.3 Å². The van der Waals surface area contributed by atoms with E-state index in [1.807, 2.05) is 0 Å². The fraction of sp³-hybridized carbons (Fsp3) is 0.412. The smallest absolute Gasteiger partial charge is 0.266 e. The van der Waals surface area contributed by atoms with E-state index in [1.165, 1.54) is 23.0 Å². The van der Waals surface area contributed by atoms with E-state index in [-0.39, 0.29) is 22.6 Å². The molecule has 8 nitrogen and oxygen atoms in total. The van der Waals surface area contributed by atoms with Crippen LogP contribution in [0.3, 0.4) is 0 Å². The summed E-state index contributed by atoms with van der Waals surface area (Å²) in [5.41, 5.74) is 0.179. The lowest BCUT2D eigenvalue weighted by Crippen LogP contribution is -2.28. The fourth-order valence-corrected chi connectivity index (χ4v) is 2.70. The Kier molecular flexibility index (Phi) is 6.19. The van der Waals surface area contributed by atoms with Gasteiger partial charge in [0, 0.05) is 38.0 Å². The third-order valence-corrected chi connectivity index (χ3v) is 4.12. The lowest BCUT2D eigenvalue weighted by molar-refractivity contribution is 0.0952. The minimum Gasteiger partial charge on any atom is -0.471 e. The number of rotatable bonds is 7. The molecule has 2 aromatic heterocycles. The molecule has 0 aromatic carbocycles. The first-order valence-corrected chi connectivity index (χ1v) is 8.71. The number of nitrogens with one attached hydrogen (secondary N) is 1. The molecule has 9 heteroatoms. The maximum Gasteiger partial charge on any atom is 0.266 e. The second-order valence-electron chi connectivity index (χ2n) is 5.81. The van der Waals surface area contributed by atoms with Crippen LogP contribution in [0.1, 0.15) is 23.2 Å². The third-order valence-electron chi connectivity index (χ3n) is 3.85. The Bertz CT molecular complexity index is 820. The molecule has 26 heavy (non-hydrogen) atoms. The van der Waals surface area contributed by atoms with Crippen molar-refractivity contribution in [1.82, 2.24) is 20.1 Å². The van der Waals surface area contributed by atoms with Crippen LogP contribution >= 0.6 is 11.6 Å². The molecule has 1 saturated heterocycles. The molecule has 3 rings (SSSR count). The van der Waals surface area contributed by atoms with Gasteiger partial charge in [-0.3, -0.25) is 9.59 Å². The number of aromatic nitrogens is 3. The molecule has 138 valence electrons. The van der Waals surface area contributed by atoms with Gasteiger partial charge in [-0.05, 0) is 18.6 Å². The zero-order valence-electron chi connectivity index (χ0n) is 14.1. The monoisotopic (exact) mass is 378 g/mol. The molecule has 1 unspecified atom stereocenters. The summed E-state index contributed by atoms with van der Waals surface area (Å²) in [5, 5.41) is 7.01. The topological polar surface area (TPSA) is 95.3 Å². The average molecular weight is 379 g/mol. The highest BCUT2D eigenvalue weighted by atomic mass is 35.5. The molecule has 1 atom stereocenters. The van der Waals surface area contributed by atoms with E-state index >= 15 is 0 Å². The summed E-state index contributed by atoms with van der Waals surface area (Å²) >= 11 is 6.16. The van der Waals surface area contributed by atoms with Crippen molar-refractivity contribution in [2.24, 2.45) is 0 Å². The molecule has 3 heterocycles. The first kappa shape index (κ1) is 18.3. The summed E-state index contributed by atoms with van der Waals surface area (Å²) in [7, 11) is 0. The van der Waals surface area contributed by atoms with Crippen LogP contribution < -0.4 is 15.6 Å². The van der Waals surface area contributed by atoms with Gasteiger partial charge in [-0.2, -0.15) is 5.10 Å². The van der Waals surface area contributed by atoms with Crippen LogP contribution in [0.25, 0.3) is 0 Å². The van der Waals surface area contributed by atoms with Crippen molar-refractivity contribution in [3.05, 3.63) is 51.5 Å². The summed E-state index contributed by atoms with van der Waals surface area (Å²) in [6.07, 6.45) is 4.28. The van der Waals surface area contributed by atoms with Gasteiger partial charge in [-0.15, -0.1) is 0 Å². The Morgan fingerprint density at radius 1 is 1.50 bits per heavy atom. The van der Waals surface area contributed by atoms with Gasteiger partial charge < -0.3 is 14.8 Å². The molecule has 0 radical (unpaired) electrons. The standard InChI is InChI=1S/C17H19ClN4O4/c18-14-9-12(10-20-17(14)26-13-4-8-25-11-13)16(24)19-5-2-7-22-15(23)3-1-6-21-22/h1,3,6,9-10,13H,2,4-5,7-8,11H2,(H,19,24). The van der Waals surface area contributed by atoms with Gasteiger partial charge in [0.05, 0.1) is 18.8 Å². The van der Waals surface area contributed by atoms with E-state index in [2.05, 4.69) is 15.4 Å². The van der Waals surface area contributed by atoms with Crippen LogP contribution in [0.15, 0.2) is 35.4 Å². The van der Waals surface area contributed by atoms with Crippen molar-refractivity contribution in [3.8, 4) is 5.88 Å². The summed E-state index contributed by atoms with van der Waals surface area (Å²) in [5.74, 6) is 0.0109. The number of aryl methyl sites for hydroxylation is 1. The van der Waals surface area contributed by atoms with Crippen molar-refractivity contribution in [1.29, 1.82) is 0 Å². The number of ether oxygens (including phenoxy) is 2. The lowest BCUT2D eigenvalue weighted by Gasteiger charge is -2.12. The number of halogens is 1. The first-order chi connectivity index (χ1) is 12.6. The molecular formula is C17H19ClN4O4. The van der Waals surface area contributed by atoms with Gasteiger partial charge in [0.15, 0.2) is 0 Å². The normalized spacial score (nSPS) is 16.4. The summed E-state index contributed by atoms with van der Waals surface area (Å²) < 4.78 is 12.3. The molecule has 1 fully saturated rings. The van der Waals surface area contributed by atoms with Gasteiger partial charge in [0.2, 0.25) is 5.88 Å². The van der Waals surface area contributed by atoms with Gasteiger partial charge in [0.25, 0.3) is 11.5 Å². The summed E-state index contributed by atoms with van der Waals surface area (Å²) in [6.45, 7) is 2.00. The van der Waals surface area contributed by atoms with Crippen molar-refractivity contribution in [2.45, 2.75) is 25.5 Å². The van der Waals surface area contributed by atoms with Gasteiger partial charge in [-0.25, -0.2) is 9.67 Å². The van der Waals surface area contributed by atoms with Crippen LogP contribution in [0.2, 0.25) is 5.02 Å². The van der Waals surface area contributed by atoms with Gasteiger partial charge in [-0.1, -0.05) is 11.6 Å². The molecule has 1 amide bonds. The van der Waals surface area contributed by atoms with Gasteiger partial charge in [0.1, 0.15) is 11.1 Å². The number of hydrogen-bond donors (Lipinski definition) is 1. The Hall–Kier alpha value is -2.45. The predicted octanol–water partition coefficient (Wildman–Crippen LogP) is 1.28. The maximum absolute atomic E-state index is 12.2. The minimum absolute atomic E-state index is 0.0605. The molecule has 0 aliphatic carbocycles.